The molecule has 0 bridgehead atoms. The maximum absolute atomic E-state index is 12.2. The van der Waals surface area contributed by atoms with Crippen LogP contribution in [0, 0.1) is 0 Å². The molecule has 0 aliphatic carbocycles. The van der Waals surface area contributed by atoms with Gasteiger partial charge < -0.3 is 0 Å². The molecule has 67 valence electrons. The number of hydrogen-bond donors (Lipinski definition) is 0. The van der Waals surface area contributed by atoms with Crippen LogP contribution in [0.15, 0.2) is 24.4 Å². The van der Waals surface area contributed by atoms with Gasteiger partial charge in [-0.3, -0.25) is 5.32 Å². The Balaban J connectivity index is 2.47. The number of alkyl halides is 3. The molecule has 0 amide bonds. The van der Waals surface area contributed by atoms with E-state index in [4.69, 9.17) is 0 Å². The highest BCUT2D eigenvalue weighted by Crippen LogP contribution is 2.33. The summed E-state index contributed by atoms with van der Waals surface area (Å²) in [4.78, 5) is 0. The molecule has 1 radical (unpaired) electrons. The van der Waals surface area contributed by atoms with Crippen LogP contribution < -0.4 is 5.32 Å². The highest BCUT2D eigenvalue weighted by atomic mass is 19.4. The van der Waals surface area contributed by atoms with Crippen molar-refractivity contribution in [3.05, 3.63) is 35.5 Å². The molecule has 0 N–H and O–H groups in total. The average molecular weight is 184 g/mol. The van der Waals surface area contributed by atoms with Gasteiger partial charge in [-0.1, -0.05) is 0 Å². The molecule has 0 aromatic heterocycles. The maximum atomic E-state index is 12.2. The van der Waals surface area contributed by atoms with Gasteiger partial charge in [0.1, 0.15) is 0 Å². The second-order valence-corrected chi connectivity index (χ2v) is 2.72. The van der Waals surface area contributed by atoms with E-state index in [-0.39, 0.29) is 0 Å². The summed E-state index contributed by atoms with van der Waals surface area (Å²) in [5.41, 5.74) is 0.482. The first-order valence-corrected chi connectivity index (χ1v) is 3.66. The quantitative estimate of drug-likeness (QED) is 0.588. The van der Waals surface area contributed by atoms with Crippen molar-refractivity contribution in [3.8, 4) is 0 Å². The summed E-state index contributed by atoms with van der Waals surface area (Å²) >= 11 is 0. The fourth-order valence-corrected chi connectivity index (χ4v) is 1.18. The van der Waals surface area contributed by atoms with Crippen molar-refractivity contribution >= 4 is 11.8 Å². The van der Waals surface area contributed by atoms with Crippen LogP contribution in [0.25, 0.3) is 6.08 Å². The number of nitrogens with zero attached hydrogens (tertiary/aromatic N) is 1. The predicted octanol–water partition coefficient (Wildman–Crippen LogP) is 2.93. The Morgan fingerprint density at radius 3 is 2.62 bits per heavy atom. The van der Waals surface area contributed by atoms with Crippen molar-refractivity contribution in [2.24, 2.45) is 0 Å². The second kappa shape index (κ2) is 2.52. The number of benzene rings is 1. The summed E-state index contributed by atoms with van der Waals surface area (Å²) in [6.45, 7) is 0. The Morgan fingerprint density at radius 2 is 1.92 bits per heavy atom. The number of rotatable bonds is 0. The number of fused-ring (bicyclic) bond motifs is 1. The van der Waals surface area contributed by atoms with Crippen LogP contribution in [0.5, 0.6) is 0 Å². The van der Waals surface area contributed by atoms with E-state index in [1.54, 1.807) is 6.08 Å². The van der Waals surface area contributed by atoms with Crippen LogP contribution in [0.4, 0.5) is 18.9 Å². The van der Waals surface area contributed by atoms with Gasteiger partial charge in [0.05, 0.1) is 11.3 Å². The molecule has 0 saturated heterocycles. The van der Waals surface area contributed by atoms with Crippen molar-refractivity contribution in [1.82, 2.24) is 5.32 Å². The van der Waals surface area contributed by atoms with E-state index in [0.29, 0.717) is 11.3 Å². The summed E-state index contributed by atoms with van der Waals surface area (Å²) in [7, 11) is 0. The fraction of sp³-hybridized carbons (Fsp3) is 0.111. The Bertz CT molecular complexity index is 366. The zero-order valence-electron chi connectivity index (χ0n) is 6.47. The monoisotopic (exact) mass is 184 g/mol. The highest BCUT2D eigenvalue weighted by Gasteiger charge is 2.31. The Hall–Kier alpha value is -1.45. The summed E-state index contributed by atoms with van der Waals surface area (Å²) < 4.78 is 36.6. The SMILES string of the molecule is FC(F)(F)c1ccc2c(c1)C=C[N]2. The van der Waals surface area contributed by atoms with Gasteiger partial charge in [-0.25, -0.2) is 0 Å². The van der Waals surface area contributed by atoms with Gasteiger partial charge in [-0.2, -0.15) is 13.2 Å². The van der Waals surface area contributed by atoms with E-state index in [1.165, 1.54) is 12.3 Å². The maximum Gasteiger partial charge on any atom is 0.416 e. The third-order valence-electron chi connectivity index (χ3n) is 1.82. The first kappa shape index (κ1) is 8.16. The zero-order valence-corrected chi connectivity index (χ0v) is 6.47. The zero-order chi connectivity index (χ0) is 9.47. The molecule has 1 aliphatic rings. The summed E-state index contributed by atoms with van der Waals surface area (Å²) in [6.07, 6.45) is -1.22. The molecule has 0 fully saturated rings. The van der Waals surface area contributed by atoms with E-state index in [2.05, 4.69) is 5.32 Å². The fourth-order valence-electron chi connectivity index (χ4n) is 1.18. The minimum atomic E-state index is -4.27. The summed E-state index contributed by atoms with van der Waals surface area (Å²) in [5.74, 6) is 0. The first-order valence-electron chi connectivity index (χ1n) is 3.66. The number of halogens is 3. The number of hydrogen-bond acceptors (Lipinski definition) is 0. The smallest absolute Gasteiger partial charge is 0.256 e. The van der Waals surface area contributed by atoms with Crippen molar-refractivity contribution in [1.29, 1.82) is 0 Å². The Morgan fingerprint density at radius 1 is 1.15 bits per heavy atom. The van der Waals surface area contributed by atoms with Gasteiger partial charge in [0, 0.05) is 11.8 Å². The van der Waals surface area contributed by atoms with Gasteiger partial charge in [-0.15, -0.1) is 0 Å². The minimum Gasteiger partial charge on any atom is -0.256 e. The lowest BCUT2D eigenvalue weighted by atomic mass is 10.1. The predicted molar refractivity (Wildman–Crippen MR) is 42.3 cm³/mol. The molecule has 0 unspecified atom stereocenters. The van der Waals surface area contributed by atoms with Gasteiger partial charge in [0.25, 0.3) is 0 Å². The Kier molecular flexibility index (Phi) is 1.58. The van der Waals surface area contributed by atoms with Crippen LogP contribution in [-0.4, -0.2) is 0 Å². The molecule has 4 heteroatoms. The molecular weight excluding hydrogens is 179 g/mol. The second-order valence-electron chi connectivity index (χ2n) is 2.72. The largest absolute Gasteiger partial charge is 0.416 e. The molecule has 0 saturated carbocycles. The van der Waals surface area contributed by atoms with Crippen molar-refractivity contribution in [2.75, 3.05) is 0 Å². The molecule has 1 heterocycles. The molecule has 2 rings (SSSR count). The minimum absolute atomic E-state index is 0.523. The summed E-state index contributed by atoms with van der Waals surface area (Å²) in [6, 6.07) is 3.51. The lowest BCUT2D eigenvalue weighted by Gasteiger charge is -2.07. The highest BCUT2D eigenvalue weighted by molar-refractivity contribution is 5.69. The van der Waals surface area contributed by atoms with Crippen LogP contribution in [-0.2, 0) is 6.18 Å². The summed E-state index contributed by atoms with van der Waals surface area (Å²) in [5, 5.41) is 3.87. The molecule has 1 aliphatic heterocycles. The topological polar surface area (TPSA) is 14.1 Å². The van der Waals surface area contributed by atoms with Crippen molar-refractivity contribution in [3.63, 3.8) is 0 Å². The van der Waals surface area contributed by atoms with E-state index in [1.807, 2.05) is 0 Å². The average Bonchev–Trinajstić information content (AvgIpc) is 2.47. The lowest BCUT2D eigenvalue weighted by molar-refractivity contribution is -0.137. The van der Waals surface area contributed by atoms with E-state index in [0.717, 1.165) is 12.1 Å². The van der Waals surface area contributed by atoms with Crippen LogP contribution >= 0.6 is 0 Å². The molecule has 0 atom stereocenters. The third-order valence-corrected chi connectivity index (χ3v) is 1.82. The Labute approximate surface area is 72.9 Å². The normalized spacial score (nSPS) is 14.1. The van der Waals surface area contributed by atoms with Crippen molar-refractivity contribution < 1.29 is 13.2 Å². The van der Waals surface area contributed by atoms with Gasteiger partial charge in [-0.05, 0) is 24.3 Å². The van der Waals surface area contributed by atoms with Gasteiger partial charge in [0.15, 0.2) is 0 Å². The van der Waals surface area contributed by atoms with Crippen molar-refractivity contribution in [2.45, 2.75) is 6.18 Å². The third kappa shape index (κ3) is 1.39. The molecule has 1 aromatic rings. The van der Waals surface area contributed by atoms with Gasteiger partial charge >= 0.3 is 6.18 Å². The van der Waals surface area contributed by atoms with Gasteiger partial charge in [0.2, 0.25) is 0 Å². The molecule has 13 heavy (non-hydrogen) atoms. The van der Waals surface area contributed by atoms with E-state index in [9.17, 15) is 13.2 Å². The van der Waals surface area contributed by atoms with Crippen LogP contribution in [0.3, 0.4) is 0 Å². The standard InChI is InChI=1S/C9H5F3N/c10-9(11,12)7-1-2-8-6(5-7)3-4-13-8/h1-5H. The van der Waals surface area contributed by atoms with Crippen LogP contribution in [0.2, 0.25) is 0 Å². The molecule has 1 nitrogen and oxygen atoms in total. The van der Waals surface area contributed by atoms with Crippen LogP contribution in [0.1, 0.15) is 11.1 Å². The molecule has 1 aromatic carbocycles. The van der Waals surface area contributed by atoms with E-state index < -0.39 is 11.7 Å². The molecular formula is C9H5F3N. The molecule has 0 spiro atoms. The lowest BCUT2D eigenvalue weighted by Crippen LogP contribution is -2.04. The first-order chi connectivity index (χ1) is 6.07. The van der Waals surface area contributed by atoms with E-state index >= 15 is 0 Å².